The average molecular weight is 293 g/mol. The first-order valence-corrected chi connectivity index (χ1v) is 6.83. The van der Waals surface area contributed by atoms with Gasteiger partial charge in [-0.2, -0.15) is 10.4 Å². The second-order valence-electron chi connectivity index (χ2n) is 4.76. The number of aromatic nitrogens is 2. The van der Waals surface area contributed by atoms with Gasteiger partial charge in [-0.3, -0.25) is 0 Å². The van der Waals surface area contributed by atoms with Crippen LogP contribution in [0, 0.1) is 11.3 Å². The zero-order valence-corrected chi connectivity index (χ0v) is 12.0. The van der Waals surface area contributed by atoms with Gasteiger partial charge in [-0.15, -0.1) is 0 Å². The van der Waals surface area contributed by atoms with Crippen molar-refractivity contribution >= 4 is 17.6 Å². The van der Waals surface area contributed by atoms with Gasteiger partial charge in [0.2, 0.25) is 0 Å². The lowest BCUT2D eigenvalue weighted by Gasteiger charge is -2.23. The number of carbonyl (C=O) groups is 1. The largest absolute Gasteiger partial charge is 0.465 e. The van der Waals surface area contributed by atoms with Gasteiger partial charge in [0.15, 0.2) is 5.82 Å². The molecule has 1 saturated heterocycles. The highest BCUT2D eigenvalue weighted by molar-refractivity contribution is 5.99. The molecule has 21 heavy (non-hydrogen) atoms. The number of nitriles is 1. The van der Waals surface area contributed by atoms with Gasteiger partial charge in [-0.05, 0) is 12.8 Å². The highest BCUT2D eigenvalue weighted by atomic mass is 16.5. The molecule has 0 atom stereocenters. The van der Waals surface area contributed by atoms with Crippen LogP contribution in [0.15, 0.2) is 0 Å². The Hall–Kier alpha value is -2.27. The van der Waals surface area contributed by atoms with Crippen molar-refractivity contribution in [3.63, 3.8) is 0 Å². The van der Waals surface area contributed by atoms with Gasteiger partial charge >= 0.3 is 5.97 Å². The summed E-state index contributed by atoms with van der Waals surface area (Å²) in [5, 5.41) is 16.2. The maximum atomic E-state index is 11.9. The minimum atomic E-state index is -0.537. The van der Waals surface area contributed by atoms with Gasteiger partial charge in [0, 0.05) is 19.3 Å². The monoisotopic (exact) mass is 293 g/mol. The van der Waals surface area contributed by atoms with Crippen LogP contribution in [-0.4, -0.2) is 42.1 Å². The molecule has 0 aliphatic carbocycles. The van der Waals surface area contributed by atoms with Gasteiger partial charge in [-0.1, -0.05) is 0 Å². The SMILES string of the molecule is COC(=O)c1c(NC2CCOCC2)nn(CCC#N)c1N. The Bertz CT molecular complexity index is 543. The molecular formula is C13H19N5O3. The number of nitrogens with one attached hydrogen (secondary N) is 1. The van der Waals surface area contributed by atoms with E-state index in [-0.39, 0.29) is 23.8 Å². The quantitative estimate of drug-likeness (QED) is 0.770. The Morgan fingerprint density at radius 3 is 2.95 bits per heavy atom. The van der Waals surface area contributed by atoms with Gasteiger partial charge in [0.05, 0.1) is 26.1 Å². The van der Waals surface area contributed by atoms with Crippen LogP contribution in [0.25, 0.3) is 0 Å². The number of rotatable bonds is 5. The zero-order chi connectivity index (χ0) is 15.2. The third kappa shape index (κ3) is 3.44. The number of hydrogen-bond acceptors (Lipinski definition) is 7. The molecule has 8 heteroatoms. The van der Waals surface area contributed by atoms with Gasteiger partial charge in [0.25, 0.3) is 0 Å². The van der Waals surface area contributed by atoms with Crippen LogP contribution in [0.5, 0.6) is 0 Å². The van der Waals surface area contributed by atoms with E-state index in [2.05, 4.69) is 10.4 Å². The molecule has 0 unspecified atom stereocenters. The topological polar surface area (TPSA) is 115 Å². The van der Waals surface area contributed by atoms with Gasteiger partial charge in [-0.25, -0.2) is 9.48 Å². The Morgan fingerprint density at radius 2 is 2.33 bits per heavy atom. The molecular weight excluding hydrogens is 274 g/mol. The van der Waals surface area contributed by atoms with E-state index in [4.69, 9.17) is 20.5 Å². The van der Waals surface area contributed by atoms with Crippen molar-refractivity contribution in [3.05, 3.63) is 5.56 Å². The smallest absolute Gasteiger partial charge is 0.345 e. The molecule has 1 aromatic heterocycles. The maximum absolute atomic E-state index is 11.9. The molecule has 0 radical (unpaired) electrons. The van der Waals surface area contributed by atoms with Crippen molar-refractivity contribution in [1.29, 1.82) is 5.26 Å². The van der Waals surface area contributed by atoms with Crippen LogP contribution in [-0.2, 0) is 16.0 Å². The van der Waals surface area contributed by atoms with E-state index >= 15 is 0 Å². The fraction of sp³-hybridized carbons (Fsp3) is 0.615. The summed E-state index contributed by atoms with van der Waals surface area (Å²) in [5.74, 6) is 0.0844. The van der Waals surface area contributed by atoms with Gasteiger partial charge in [0.1, 0.15) is 11.4 Å². The molecule has 2 rings (SSSR count). The summed E-state index contributed by atoms with van der Waals surface area (Å²) >= 11 is 0. The molecule has 0 bridgehead atoms. The van der Waals surface area contributed by atoms with Crippen molar-refractivity contribution in [2.45, 2.75) is 31.8 Å². The summed E-state index contributed by atoms with van der Waals surface area (Å²) < 4.78 is 11.5. The molecule has 1 aliphatic heterocycles. The fourth-order valence-electron chi connectivity index (χ4n) is 2.24. The Kier molecular flexibility index (Phi) is 5.00. The van der Waals surface area contributed by atoms with Crippen LogP contribution in [0.4, 0.5) is 11.6 Å². The molecule has 8 nitrogen and oxygen atoms in total. The number of methoxy groups -OCH3 is 1. The number of nitrogens with zero attached hydrogens (tertiary/aromatic N) is 3. The number of esters is 1. The Labute approximate surface area is 122 Å². The third-order valence-corrected chi connectivity index (χ3v) is 3.38. The third-order valence-electron chi connectivity index (χ3n) is 3.38. The summed E-state index contributed by atoms with van der Waals surface area (Å²) in [7, 11) is 1.30. The molecule has 0 spiro atoms. The molecule has 1 aliphatic rings. The van der Waals surface area contributed by atoms with E-state index in [9.17, 15) is 4.79 Å². The average Bonchev–Trinajstić information content (AvgIpc) is 2.81. The first kappa shape index (κ1) is 15.1. The van der Waals surface area contributed by atoms with Crippen LogP contribution in [0.2, 0.25) is 0 Å². The van der Waals surface area contributed by atoms with Crippen molar-refractivity contribution < 1.29 is 14.3 Å². The highest BCUT2D eigenvalue weighted by Crippen LogP contribution is 2.25. The summed E-state index contributed by atoms with van der Waals surface area (Å²) in [6, 6.07) is 2.21. The van der Waals surface area contributed by atoms with Gasteiger partial charge < -0.3 is 20.5 Å². The first-order chi connectivity index (χ1) is 10.2. The van der Waals surface area contributed by atoms with Crippen LogP contribution in [0.1, 0.15) is 29.6 Å². The van der Waals surface area contributed by atoms with E-state index in [0.717, 1.165) is 12.8 Å². The number of aryl methyl sites for hydroxylation is 1. The maximum Gasteiger partial charge on any atom is 0.345 e. The van der Waals surface area contributed by atoms with Crippen molar-refractivity contribution in [3.8, 4) is 6.07 Å². The highest BCUT2D eigenvalue weighted by Gasteiger charge is 2.25. The molecule has 2 heterocycles. The zero-order valence-electron chi connectivity index (χ0n) is 12.0. The van der Waals surface area contributed by atoms with E-state index in [1.165, 1.54) is 11.8 Å². The van der Waals surface area contributed by atoms with E-state index in [0.29, 0.717) is 25.6 Å². The molecule has 1 fully saturated rings. The molecule has 114 valence electrons. The van der Waals surface area contributed by atoms with E-state index in [1.54, 1.807) is 0 Å². The van der Waals surface area contributed by atoms with Crippen LogP contribution in [0.3, 0.4) is 0 Å². The van der Waals surface area contributed by atoms with E-state index < -0.39 is 5.97 Å². The van der Waals surface area contributed by atoms with Crippen molar-refractivity contribution in [2.75, 3.05) is 31.4 Å². The second kappa shape index (κ2) is 6.95. The van der Waals surface area contributed by atoms with E-state index in [1.807, 2.05) is 6.07 Å². The Balaban J connectivity index is 2.24. The fourth-order valence-corrected chi connectivity index (χ4v) is 2.24. The second-order valence-corrected chi connectivity index (χ2v) is 4.76. The lowest BCUT2D eigenvalue weighted by molar-refractivity contribution is 0.0602. The molecule has 0 amide bonds. The molecule has 0 aromatic carbocycles. The summed E-state index contributed by atoms with van der Waals surface area (Å²) in [6.45, 7) is 1.69. The summed E-state index contributed by atoms with van der Waals surface area (Å²) in [4.78, 5) is 11.9. The predicted molar refractivity (Wildman–Crippen MR) is 75.7 cm³/mol. The first-order valence-electron chi connectivity index (χ1n) is 6.83. The number of nitrogens with two attached hydrogens (primary N) is 1. The number of anilines is 2. The minimum Gasteiger partial charge on any atom is -0.465 e. The summed E-state index contributed by atoms with van der Waals surface area (Å²) in [5.41, 5.74) is 6.18. The van der Waals surface area contributed by atoms with Crippen LogP contribution < -0.4 is 11.1 Å². The summed E-state index contributed by atoms with van der Waals surface area (Å²) in [6.07, 6.45) is 1.94. The number of carbonyl (C=O) groups excluding carboxylic acids is 1. The lowest BCUT2D eigenvalue weighted by atomic mass is 10.1. The van der Waals surface area contributed by atoms with Crippen molar-refractivity contribution in [2.24, 2.45) is 0 Å². The lowest BCUT2D eigenvalue weighted by Crippen LogP contribution is -2.28. The molecule has 0 saturated carbocycles. The Morgan fingerprint density at radius 1 is 1.62 bits per heavy atom. The van der Waals surface area contributed by atoms with Crippen LogP contribution >= 0.6 is 0 Å². The normalized spacial score (nSPS) is 15.4. The number of nitrogen functional groups attached to an aromatic ring is 1. The number of hydrogen-bond donors (Lipinski definition) is 2. The molecule has 3 N–H and O–H groups in total. The number of ether oxygens (including phenoxy) is 2. The van der Waals surface area contributed by atoms with Crippen molar-refractivity contribution in [1.82, 2.24) is 9.78 Å². The standard InChI is InChI=1S/C13H19N5O3/c1-20-13(19)10-11(15)18(6-2-5-14)17-12(10)16-9-3-7-21-8-4-9/h9H,2-4,6-8,15H2,1H3,(H,16,17). The minimum absolute atomic E-state index is 0.181. The predicted octanol–water partition coefficient (Wildman–Crippen LogP) is 0.756. The molecule has 1 aromatic rings.